The molecule has 3 nitrogen and oxygen atoms in total. The van der Waals surface area contributed by atoms with Gasteiger partial charge in [0, 0.05) is 5.56 Å². The van der Waals surface area contributed by atoms with Crippen LogP contribution in [-0.4, -0.2) is 18.9 Å². The molecule has 27 heavy (non-hydrogen) atoms. The number of rotatable bonds is 6. The average Bonchev–Trinajstić information content (AvgIpc) is 2.74. The van der Waals surface area contributed by atoms with Gasteiger partial charge in [0.2, 0.25) is 0 Å². The molecule has 3 aromatic rings. The zero-order valence-electron chi connectivity index (χ0n) is 15.2. The van der Waals surface area contributed by atoms with Crippen molar-refractivity contribution in [3.8, 4) is 16.9 Å². The Hall–Kier alpha value is -3.07. The first kappa shape index (κ1) is 17.3. The molecule has 0 heterocycles. The quantitative estimate of drug-likeness (QED) is 0.444. The standard InChI is InChI=1S/C24H22NO2/c1-3-8-19(9-4-1)20-14-15-23-21(18-20)10-7-13-24(23)25-27-17-16-26-22-11-5-2-6-12-22/h1-5,8-9,11-12,14-15,18H,7,10,13,16-17H2. The van der Waals surface area contributed by atoms with Crippen molar-refractivity contribution in [2.75, 3.05) is 13.2 Å². The van der Waals surface area contributed by atoms with E-state index in [2.05, 4.69) is 53.7 Å². The van der Waals surface area contributed by atoms with Crippen LogP contribution >= 0.6 is 0 Å². The number of ether oxygens (including phenoxy) is 1. The van der Waals surface area contributed by atoms with Gasteiger partial charge in [0.05, 0.1) is 5.71 Å². The van der Waals surface area contributed by atoms with Crippen LogP contribution in [0, 0.1) is 6.07 Å². The van der Waals surface area contributed by atoms with E-state index in [0.29, 0.717) is 13.2 Å². The minimum absolute atomic E-state index is 0.426. The fourth-order valence-electron chi connectivity index (χ4n) is 3.36. The number of nitrogens with zero attached hydrogens (tertiary/aromatic N) is 1. The summed E-state index contributed by atoms with van der Waals surface area (Å²) in [6, 6.07) is 27.6. The van der Waals surface area contributed by atoms with Gasteiger partial charge in [-0.1, -0.05) is 65.8 Å². The average molecular weight is 356 g/mol. The zero-order chi connectivity index (χ0) is 18.3. The minimum Gasteiger partial charge on any atom is -0.490 e. The highest BCUT2D eigenvalue weighted by Crippen LogP contribution is 2.28. The van der Waals surface area contributed by atoms with Crippen molar-refractivity contribution in [3.05, 3.63) is 90.0 Å². The lowest BCUT2D eigenvalue weighted by Gasteiger charge is -2.18. The molecule has 0 amide bonds. The van der Waals surface area contributed by atoms with Crippen molar-refractivity contribution in [1.29, 1.82) is 0 Å². The Morgan fingerprint density at radius 1 is 0.889 bits per heavy atom. The molecule has 1 radical (unpaired) electrons. The smallest absolute Gasteiger partial charge is 0.151 e. The second kappa shape index (κ2) is 8.54. The fraction of sp³-hybridized carbons (Fsp3) is 0.208. The van der Waals surface area contributed by atoms with Crippen molar-refractivity contribution in [2.24, 2.45) is 5.16 Å². The molecule has 0 bridgehead atoms. The zero-order valence-corrected chi connectivity index (χ0v) is 15.2. The van der Waals surface area contributed by atoms with Gasteiger partial charge in [-0.2, -0.15) is 0 Å². The Morgan fingerprint density at radius 3 is 2.67 bits per heavy atom. The molecule has 135 valence electrons. The van der Waals surface area contributed by atoms with E-state index in [1.54, 1.807) is 0 Å². The maximum Gasteiger partial charge on any atom is 0.151 e. The number of hydrogen-bond donors (Lipinski definition) is 0. The van der Waals surface area contributed by atoms with Crippen molar-refractivity contribution in [2.45, 2.75) is 19.3 Å². The van der Waals surface area contributed by atoms with E-state index in [9.17, 15) is 0 Å². The SMILES string of the molecule is [c]1cccc(OCCON=C2CCCc3cc(-c4ccccc4)ccc32)c1. The van der Waals surface area contributed by atoms with Crippen molar-refractivity contribution >= 4 is 5.71 Å². The molecule has 0 aromatic heterocycles. The highest BCUT2D eigenvalue weighted by Gasteiger charge is 2.16. The Labute approximate surface area is 160 Å². The Balaban J connectivity index is 1.40. The van der Waals surface area contributed by atoms with Crippen LogP contribution in [-0.2, 0) is 11.3 Å². The topological polar surface area (TPSA) is 30.8 Å². The second-order valence-electron chi connectivity index (χ2n) is 6.55. The van der Waals surface area contributed by atoms with Crippen LogP contribution in [0.15, 0.2) is 78.0 Å². The predicted octanol–water partition coefficient (Wildman–Crippen LogP) is 5.29. The van der Waals surface area contributed by atoms with E-state index in [-0.39, 0.29) is 0 Å². The predicted molar refractivity (Wildman–Crippen MR) is 108 cm³/mol. The molecule has 1 aliphatic carbocycles. The van der Waals surface area contributed by atoms with Gasteiger partial charge >= 0.3 is 0 Å². The van der Waals surface area contributed by atoms with Gasteiger partial charge in [-0.25, -0.2) is 0 Å². The lowest BCUT2D eigenvalue weighted by atomic mass is 9.88. The molecular formula is C24H22NO2. The largest absolute Gasteiger partial charge is 0.490 e. The third-order valence-electron chi connectivity index (χ3n) is 4.68. The summed E-state index contributed by atoms with van der Waals surface area (Å²) in [5.41, 5.74) is 6.09. The van der Waals surface area contributed by atoms with E-state index < -0.39 is 0 Å². The summed E-state index contributed by atoms with van der Waals surface area (Å²) in [5.74, 6) is 0.796. The first-order valence-electron chi connectivity index (χ1n) is 9.36. The van der Waals surface area contributed by atoms with Gasteiger partial charge in [0.25, 0.3) is 0 Å². The fourth-order valence-corrected chi connectivity index (χ4v) is 3.36. The van der Waals surface area contributed by atoms with Gasteiger partial charge in [-0.15, -0.1) is 0 Å². The van der Waals surface area contributed by atoms with E-state index in [4.69, 9.17) is 9.57 Å². The molecule has 0 saturated heterocycles. The molecule has 3 heteroatoms. The van der Waals surface area contributed by atoms with Gasteiger partial charge in [0.1, 0.15) is 12.4 Å². The Kier molecular flexibility index (Phi) is 5.49. The van der Waals surface area contributed by atoms with Gasteiger partial charge in [-0.3, -0.25) is 0 Å². The lowest BCUT2D eigenvalue weighted by Crippen LogP contribution is -2.13. The van der Waals surface area contributed by atoms with Crippen LogP contribution in [0.25, 0.3) is 11.1 Å². The molecule has 0 unspecified atom stereocenters. The second-order valence-corrected chi connectivity index (χ2v) is 6.55. The number of benzene rings is 3. The van der Waals surface area contributed by atoms with E-state index in [1.165, 1.54) is 22.3 Å². The maximum absolute atomic E-state index is 5.60. The number of aryl methyl sites for hydroxylation is 1. The highest BCUT2D eigenvalue weighted by molar-refractivity contribution is 6.02. The molecule has 0 aliphatic heterocycles. The van der Waals surface area contributed by atoms with Crippen LogP contribution in [0.4, 0.5) is 0 Å². The summed E-state index contributed by atoms with van der Waals surface area (Å²) >= 11 is 0. The Morgan fingerprint density at radius 2 is 1.81 bits per heavy atom. The monoisotopic (exact) mass is 356 g/mol. The molecular weight excluding hydrogens is 334 g/mol. The number of hydrogen-bond acceptors (Lipinski definition) is 3. The van der Waals surface area contributed by atoms with Gasteiger partial charge in [0.15, 0.2) is 6.61 Å². The van der Waals surface area contributed by atoms with Crippen LogP contribution in [0.5, 0.6) is 5.75 Å². The summed E-state index contributed by atoms with van der Waals surface area (Å²) < 4.78 is 5.60. The summed E-state index contributed by atoms with van der Waals surface area (Å²) in [6.07, 6.45) is 3.14. The molecule has 0 atom stereocenters. The Bertz CT molecular complexity index is 904. The molecule has 0 spiro atoms. The highest BCUT2D eigenvalue weighted by atomic mass is 16.6. The number of oxime groups is 1. The number of fused-ring (bicyclic) bond motifs is 1. The summed E-state index contributed by atoms with van der Waals surface area (Å²) in [5, 5.41) is 4.39. The maximum atomic E-state index is 5.60. The van der Waals surface area contributed by atoms with E-state index >= 15 is 0 Å². The van der Waals surface area contributed by atoms with E-state index in [0.717, 1.165) is 30.7 Å². The summed E-state index contributed by atoms with van der Waals surface area (Å²) in [4.78, 5) is 5.52. The van der Waals surface area contributed by atoms with Crippen LogP contribution in [0.1, 0.15) is 24.0 Å². The van der Waals surface area contributed by atoms with Gasteiger partial charge < -0.3 is 9.57 Å². The molecule has 0 saturated carbocycles. The van der Waals surface area contributed by atoms with Crippen molar-refractivity contribution < 1.29 is 9.57 Å². The third-order valence-corrected chi connectivity index (χ3v) is 4.68. The molecule has 4 rings (SSSR count). The molecule has 0 fully saturated rings. The van der Waals surface area contributed by atoms with Crippen LogP contribution < -0.4 is 4.74 Å². The first-order valence-corrected chi connectivity index (χ1v) is 9.36. The first-order chi connectivity index (χ1) is 13.4. The summed E-state index contributed by atoms with van der Waals surface area (Å²) in [6.45, 7) is 0.893. The normalized spacial score (nSPS) is 14.6. The third kappa shape index (κ3) is 4.37. The van der Waals surface area contributed by atoms with Crippen LogP contribution in [0.3, 0.4) is 0 Å². The van der Waals surface area contributed by atoms with Crippen LogP contribution in [0.2, 0.25) is 0 Å². The van der Waals surface area contributed by atoms with Gasteiger partial charge in [-0.05, 0) is 54.2 Å². The molecule has 0 N–H and O–H groups in total. The lowest BCUT2D eigenvalue weighted by molar-refractivity contribution is 0.106. The molecule has 1 aliphatic rings. The van der Waals surface area contributed by atoms with E-state index in [1.807, 2.05) is 30.3 Å². The summed E-state index contributed by atoms with van der Waals surface area (Å²) in [7, 11) is 0. The minimum atomic E-state index is 0.426. The molecule has 3 aromatic carbocycles. The van der Waals surface area contributed by atoms with Crippen molar-refractivity contribution in [3.63, 3.8) is 0 Å². The van der Waals surface area contributed by atoms with Crippen molar-refractivity contribution in [1.82, 2.24) is 0 Å².